The average molecular weight is 301 g/mol. The van der Waals surface area contributed by atoms with Crippen molar-refractivity contribution in [3.63, 3.8) is 0 Å². The third-order valence-electron chi connectivity index (χ3n) is 3.67. The zero-order chi connectivity index (χ0) is 15.9. The molecule has 2 N–H and O–H groups in total. The molecule has 0 bridgehead atoms. The molecule has 2 heterocycles. The van der Waals surface area contributed by atoms with Gasteiger partial charge in [-0.25, -0.2) is 0 Å². The molecule has 0 fully saturated rings. The molecule has 8 nitrogen and oxygen atoms in total. The molecule has 2 aliphatic rings. The Kier molecular flexibility index (Phi) is 3.18. The molecule has 0 aromatic carbocycles. The van der Waals surface area contributed by atoms with Gasteiger partial charge >= 0.3 is 5.70 Å². The van der Waals surface area contributed by atoms with Gasteiger partial charge in [-0.1, -0.05) is 0 Å². The van der Waals surface area contributed by atoms with Crippen molar-refractivity contribution in [2.75, 3.05) is 0 Å². The third-order valence-corrected chi connectivity index (χ3v) is 3.67. The first-order valence-corrected chi connectivity index (χ1v) is 6.61. The summed E-state index contributed by atoms with van der Waals surface area (Å²) in [6, 6.07) is 4.65. The smallest absolute Gasteiger partial charge is 0.320 e. The van der Waals surface area contributed by atoms with Crippen LogP contribution >= 0.6 is 0 Å². The molecule has 112 valence electrons. The molecular weight excluding hydrogens is 290 g/mol. The number of nitrogens with two attached hydrogens (primary N) is 1. The van der Waals surface area contributed by atoms with Gasteiger partial charge in [0.15, 0.2) is 5.78 Å². The summed E-state index contributed by atoms with van der Waals surface area (Å²) in [5, 5.41) is 20.2. The van der Waals surface area contributed by atoms with E-state index in [1.807, 2.05) is 6.07 Å². The van der Waals surface area contributed by atoms with Crippen LogP contribution in [-0.4, -0.2) is 10.7 Å². The number of rotatable bonds is 2. The lowest BCUT2D eigenvalue weighted by Gasteiger charge is -2.27. The first kappa shape index (κ1) is 13.9. The maximum Gasteiger partial charge on any atom is 0.320 e. The van der Waals surface area contributed by atoms with Crippen LogP contribution in [0.4, 0.5) is 0 Å². The second kappa shape index (κ2) is 5.04. The summed E-state index contributed by atoms with van der Waals surface area (Å²) in [5.41, 5.74) is 5.43. The number of nitrogens with zero attached hydrogens (tertiary/aromatic N) is 2. The number of ketones is 1. The van der Waals surface area contributed by atoms with E-state index < -0.39 is 16.5 Å². The Morgan fingerprint density at radius 3 is 2.82 bits per heavy atom. The lowest BCUT2D eigenvalue weighted by atomic mass is 9.82. The summed E-state index contributed by atoms with van der Waals surface area (Å²) in [6.07, 6.45) is 1.37. The van der Waals surface area contributed by atoms with E-state index in [0.29, 0.717) is 18.6 Å². The predicted molar refractivity (Wildman–Crippen MR) is 71.3 cm³/mol. The van der Waals surface area contributed by atoms with E-state index in [2.05, 4.69) is 0 Å². The van der Waals surface area contributed by atoms with Gasteiger partial charge in [0.2, 0.25) is 5.76 Å². The Morgan fingerprint density at radius 1 is 1.41 bits per heavy atom. The molecule has 0 saturated carbocycles. The van der Waals surface area contributed by atoms with Crippen molar-refractivity contribution in [3.8, 4) is 6.07 Å². The number of carbonyl (C=O) groups excluding carboxylic acids is 1. The van der Waals surface area contributed by atoms with Gasteiger partial charge in [-0.2, -0.15) is 5.26 Å². The highest BCUT2D eigenvalue weighted by molar-refractivity contribution is 5.98. The summed E-state index contributed by atoms with van der Waals surface area (Å²) in [7, 11) is 0. The van der Waals surface area contributed by atoms with Crippen molar-refractivity contribution >= 4 is 5.78 Å². The van der Waals surface area contributed by atoms with Crippen LogP contribution in [0, 0.1) is 21.4 Å². The third kappa shape index (κ3) is 2.03. The predicted octanol–water partition coefficient (Wildman–Crippen LogP) is 1.68. The molecule has 1 aromatic heterocycles. The number of Topliss-reactive ketones (excluding diaryl/α,β-unsaturated/α-hetero) is 1. The molecule has 1 atom stereocenters. The second-order valence-corrected chi connectivity index (χ2v) is 4.97. The number of hydrogen-bond donors (Lipinski definition) is 1. The molecule has 1 aliphatic carbocycles. The van der Waals surface area contributed by atoms with E-state index in [0.717, 1.165) is 0 Å². The molecule has 1 aromatic rings. The summed E-state index contributed by atoms with van der Waals surface area (Å²) < 4.78 is 10.6. The fourth-order valence-corrected chi connectivity index (χ4v) is 2.77. The quantitative estimate of drug-likeness (QED) is 0.648. The van der Waals surface area contributed by atoms with Crippen LogP contribution in [0.5, 0.6) is 0 Å². The van der Waals surface area contributed by atoms with Crippen LogP contribution in [0.25, 0.3) is 0 Å². The number of nitriles is 1. The summed E-state index contributed by atoms with van der Waals surface area (Å²) in [4.78, 5) is 22.9. The van der Waals surface area contributed by atoms with Crippen LogP contribution in [0.2, 0.25) is 0 Å². The van der Waals surface area contributed by atoms with Gasteiger partial charge < -0.3 is 14.9 Å². The van der Waals surface area contributed by atoms with Crippen molar-refractivity contribution in [2.45, 2.75) is 25.2 Å². The van der Waals surface area contributed by atoms with Crippen molar-refractivity contribution in [1.82, 2.24) is 0 Å². The summed E-state index contributed by atoms with van der Waals surface area (Å²) in [5.74, 6) is -1.13. The number of carbonyl (C=O) groups is 1. The van der Waals surface area contributed by atoms with Crippen LogP contribution in [0.3, 0.4) is 0 Å². The SMILES string of the molecule is N#Cc1ccc([C@H]2C3=C(CCCC3=O)OC(N)=C2[N+](=O)[O-])o1. The Hall–Kier alpha value is -3.08. The van der Waals surface area contributed by atoms with Crippen LogP contribution in [-0.2, 0) is 9.53 Å². The highest BCUT2D eigenvalue weighted by Gasteiger charge is 2.45. The number of allylic oxidation sites excluding steroid dienone is 2. The summed E-state index contributed by atoms with van der Waals surface area (Å²) in [6.45, 7) is 0. The number of ether oxygens (including phenoxy) is 1. The normalized spacial score (nSPS) is 21.2. The molecule has 0 unspecified atom stereocenters. The Balaban J connectivity index is 2.19. The number of hydrogen-bond acceptors (Lipinski definition) is 7. The monoisotopic (exact) mass is 301 g/mol. The number of nitro groups is 1. The Morgan fingerprint density at radius 2 is 2.18 bits per heavy atom. The standard InChI is InChI=1S/C14H11N3O5/c15-6-7-4-5-10(21-7)12-11-8(18)2-1-3-9(11)22-14(16)13(12)17(19)20/h4-5,12H,1-3,16H2/t12-/m0/s1. The van der Waals surface area contributed by atoms with Crippen LogP contribution in [0.15, 0.2) is 39.5 Å². The zero-order valence-corrected chi connectivity index (χ0v) is 11.4. The fourth-order valence-electron chi connectivity index (χ4n) is 2.77. The van der Waals surface area contributed by atoms with E-state index in [1.165, 1.54) is 12.1 Å². The topological polar surface area (TPSA) is 132 Å². The molecule has 0 amide bonds. The highest BCUT2D eigenvalue weighted by atomic mass is 16.6. The van der Waals surface area contributed by atoms with E-state index in [9.17, 15) is 14.9 Å². The minimum atomic E-state index is -1.05. The van der Waals surface area contributed by atoms with Crippen molar-refractivity contribution in [3.05, 3.63) is 56.7 Å². The molecular formula is C14H11N3O5. The van der Waals surface area contributed by atoms with Gasteiger partial charge in [0.1, 0.15) is 23.5 Å². The molecule has 0 radical (unpaired) electrons. The molecule has 0 spiro atoms. The molecule has 8 heteroatoms. The molecule has 22 heavy (non-hydrogen) atoms. The zero-order valence-electron chi connectivity index (χ0n) is 11.4. The van der Waals surface area contributed by atoms with Gasteiger partial charge in [-0.3, -0.25) is 14.9 Å². The fraction of sp³-hybridized carbons (Fsp3) is 0.286. The first-order chi connectivity index (χ1) is 10.5. The molecule has 0 saturated heterocycles. The average Bonchev–Trinajstić information content (AvgIpc) is 2.94. The lowest BCUT2D eigenvalue weighted by Crippen LogP contribution is -2.30. The Labute approximate surface area is 124 Å². The van der Waals surface area contributed by atoms with Crippen molar-refractivity contribution in [1.29, 1.82) is 5.26 Å². The lowest BCUT2D eigenvalue weighted by molar-refractivity contribution is -0.433. The Bertz CT molecular complexity index is 781. The highest BCUT2D eigenvalue weighted by Crippen LogP contribution is 2.43. The molecule has 1 aliphatic heterocycles. The maximum absolute atomic E-state index is 12.2. The largest absolute Gasteiger partial charge is 0.449 e. The van der Waals surface area contributed by atoms with E-state index in [4.69, 9.17) is 20.1 Å². The molecule has 3 rings (SSSR count). The van der Waals surface area contributed by atoms with Gasteiger partial charge in [0, 0.05) is 12.8 Å². The van der Waals surface area contributed by atoms with E-state index in [1.54, 1.807) is 0 Å². The van der Waals surface area contributed by atoms with Crippen molar-refractivity contribution in [2.24, 2.45) is 5.73 Å². The first-order valence-electron chi connectivity index (χ1n) is 6.61. The van der Waals surface area contributed by atoms with Gasteiger partial charge in [0.25, 0.3) is 5.88 Å². The van der Waals surface area contributed by atoms with Crippen molar-refractivity contribution < 1.29 is 18.9 Å². The van der Waals surface area contributed by atoms with Crippen LogP contribution < -0.4 is 5.73 Å². The number of furan rings is 1. The minimum absolute atomic E-state index is 0.00756. The van der Waals surface area contributed by atoms with Gasteiger partial charge in [0.05, 0.1) is 10.5 Å². The summed E-state index contributed by atoms with van der Waals surface area (Å²) >= 11 is 0. The van der Waals surface area contributed by atoms with E-state index >= 15 is 0 Å². The maximum atomic E-state index is 12.2. The van der Waals surface area contributed by atoms with Crippen LogP contribution in [0.1, 0.15) is 36.7 Å². The second-order valence-electron chi connectivity index (χ2n) is 4.97. The van der Waals surface area contributed by atoms with Gasteiger partial charge in [-0.15, -0.1) is 0 Å². The van der Waals surface area contributed by atoms with E-state index in [-0.39, 0.29) is 35.2 Å². The van der Waals surface area contributed by atoms with Gasteiger partial charge in [-0.05, 0) is 18.6 Å². The minimum Gasteiger partial charge on any atom is -0.449 e.